The molecular formula is C17H19F2S. The number of aryl methyl sites for hydroxylation is 4. The van der Waals surface area contributed by atoms with Crippen molar-refractivity contribution < 1.29 is 8.78 Å². The summed E-state index contributed by atoms with van der Waals surface area (Å²) in [5.74, 6) is -2.38. The lowest BCUT2D eigenvalue weighted by molar-refractivity contribution is 0.249. The molecule has 0 bridgehead atoms. The molecule has 2 aromatic rings. The lowest BCUT2D eigenvalue weighted by atomic mass is 10.2. The van der Waals surface area contributed by atoms with E-state index < -0.39 is 16.7 Å². The second-order valence-corrected chi connectivity index (χ2v) is 7.05. The average Bonchev–Trinajstić information content (AvgIpc) is 2.37. The van der Waals surface area contributed by atoms with Crippen molar-refractivity contribution in [1.82, 2.24) is 0 Å². The van der Waals surface area contributed by atoms with E-state index in [-0.39, 0.29) is 0 Å². The van der Waals surface area contributed by atoms with E-state index in [1.165, 1.54) is 0 Å². The van der Waals surface area contributed by atoms with Crippen LogP contribution in [0.4, 0.5) is 8.78 Å². The van der Waals surface area contributed by atoms with Gasteiger partial charge in [0.1, 0.15) is 0 Å². The summed E-state index contributed by atoms with van der Waals surface area (Å²) in [5, 5.41) is 0. The molecule has 0 saturated heterocycles. The summed E-state index contributed by atoms with van der Waals surface area (Å²) in [5.41, 5.74) is 3.91. The summed E-state index contributed by atoms with van der Waals surface area (Å²) < 4.78 is 27.4. The van der Waals surface area contributed by atoms with E-state index in [2.05, 4.69) is 0 Å². The van der Waals surface area contributed by atoms with Gasteiger partial charge >= 0.3 is 0 Å². The second kappa shape index (κ2) is 5.96. The van der Waals surface area contributed by atoms with Crippen molar-refractivity contribution in [3.63, 3.8) is 0 Å². The van der Waals surface area contributed by atoms with Crippen LogP contribution in [0.25, 0.3) is 0 Å². The SMILES string of the molecule is Cc1ccc(C)c([S](c2cc(C)ccc2C)C(F)F)c1. The first-order valence-corrected chi connectivity index (χ1v) is 7.84. The van der Waals surface area contributed by atoms with Gasteiger partial charge in [0.15, 0.2) is 0 Å². The molecule has 0 atom stereocenters. The van der Waals surface area contributed by atoms with Gasteiger partial charge in [-0.1, -0.05) is 46.3 Å². The normalized spacial score (nSPS) is 11.4. The van der Waals surface area contributed by atoms with Crippen molar-refractivity contribution in [2.24, 2.45) is 0 Å². The van der Waals surface area contributed by atoms with Crippen molar-refractivity contribution >= 4 is 10.9 Å². The molecule has 0 aliphatic rings. The maximum absolute atomic E-state index is 13.7. The topological polar surface area (TPSA) is 0 Å². The van der Waals surface area contributed by atoms with Crippen LogP contribution in [0.3, 0.4) is 0 Å². The first-order valence-electron chi connectivity index (χ1n) is 6.56. The van der Waals surface area contributed by atoms with Crippen LogP contribution >= 0.6 is 10.9 Å². The van der Waals surface area contributed by atoms with E-state index in [1.807, 2.05) is 64.1 Å². The minimum atomic E-state index is -2.38. The van der Waals surface area contributed by atoms with Crippen molar-refractivity contribution in [3.05, 3.63) is 58.7 Å². The van der Waals surface area contributed by atoms with Gasteiger partial charge in [-0.05, 0) is 51.0 Å². The fourth-order valence-corrected chi connectivity index (χ4v) is 4.28. The maximum Gasteiger partial charge on any atom is 0.284 e. The molecule has 0 aliphatic carbocycles. The van der Waals surface area contributed by atoms with Crippen LogP contribution in [0, 0.1) is 27.7 Å². The molecule has 0 N–H and O–H groups in total. The molecule has 0 nitrogen and oxygen atoms in total. The maximum atomic E-state index is 13.7. The third kappa shape index (κ3) is 3.04. The van der Waals surface area contributed by atoms with E-state index in [0.29, 0.717) is 0 Å². The van der Waals surface area contributed by atoms with E-state index in [9.17, 15) is 8.78 Å². The fraction of sp³-hybridized carbons (Fsp3) is 0.294. The summed E-state index contributed by atoms with van der Waals surface area (Å²) in [6.45, 7) is 7.70. The molecule has 0 aliphatic heterocycles. The van der Waals surface area contributed by atoms with Crippen LogP contribution < -0.4 is 0 Å². The Hall–Kier alpha value is -1.35. The molecule has 2 aromatic carbocycles. The van der Waals surface area contributed by atoms with Gasteiger partial charge in [-0.3, -0.25) is 0 Å². The number of hydrogen-bond donors (Lipinski definition) is 0. The zero-order valence-corrected chi connectivity index (χ0v) is 13.0. The second-order valence-electron chi connectivity index (χ2n) is 5.14. The smallest absolute Gasteiger partial charge is 0.198 e. The molecule has 0 saturated carbocycles. The standard InChI is InChI=1S/C17H19F2S/c1-11-5-7-13(3)15(9-11)20(17(18)19)16-10-12(2)6-8-14(16)4/h5-10,17H,1-4H3. The predicted octanol–water partition coefficient (Wildman–Crippen LogP) is 5.83. The average molecular weight is 293 g/mol. The highest BCUT2D eigenvalue weighted by Crippen LogP contribution is 2.52. The Balaban J connectivity index is 2.62. The molecular weight excluding hydrogens is 274 g/mol. The molecule has 107 valence electrons. The Morgan fingerprint density at radius 1 is 0.750 bits per heavy atom. The summed E-state index contributed by atoms with van der Waals surface area (Å²) in [4.78, 5) is 1.52. The Morgan fingerprint density at radius 2 is 1.15 bits per heavy atom. The fourth-order valence-electron chi connectivity index (χ4n) is 2.20. The highest BCUT2D eigenvalue weighted by Gasteiger charge is 2.25. The van der Waals surface area contributed by atoms with Crippen LogP contribution in [0.2, 0.25) is 0 Å². The van der Waals surface area contributed by atoms with Crippen molar-refractivity contribution in [2.75, 3.05) is 0 Å². The number of alkyl halides is 2. The zero-order chi connectivity index (χ0) is 14.9. The van der Waals surface area contributed by atoms with Gasteiger partial charge in [-0.2, -0.15) is 8.78 Å². The number of rotatable bonds is 3. The summed E-state index contributed by atoms with van der Waals surface area (Å²) in [6.07, 6.45) is 0. The molecule has 0 fully saturated rings. The molecule has 2 rings (SSSR count). The molecule has 1 radical (unpaired) electrons. The van der Waals surface area contributed by atoms with Gasteiger partial charge in [0, 0.05) is 9.79 Å². The van der Waals surface area contributed by atoms with Gasteiger partial charge < -0.3 is 0 Å². The van der Waals surface area contributed by atoms with Gasteiger partial charge in [-0.25, -0.2) is 0 Å². The molecule has 0 heterocycles. The predicted molar refractivity (Wildman–Crippen MR) is 82.0 cm³/mol. The number of benzene rings is 2. The third-order valence-corrected chi connectivity index (χ3v) is 5.52. The quantitative estimate of drug-likeness (QED) is 0.668. The largest absolute Gasteiger partial charge is 0.284 e. The first-order chi connectivity index (χ1) is 9.40. The van der Waals surface area contributed by atoms with Gasteiger partial charge in [-0.15, -0.1) is 0 Å². The number of halogens is 2. The van der Waals surface area contributed by atoms with Crippen LogP contribution in [0.5, 0.6) is 0 Å². The molecule has 0 spiro atoms. The van der Waals surface area contributed by atoms with E-state index in [1.54, 1.807) is 0 Å². The molecule has 0 aromatic heterocycles. The van der Waals surface area contributed by atoms with E-state index >= 15 is 0 Å². The van der Waals surface area contributed by atoms with Crippen LogP contribution in [0.1, 0.15) is 22.3 Å². The Kier molecular flexibility index (Phi) is 4.48. The lowest BCUT2D eigenvalue weighted by Crippen LogP contribution is -2.01. The zero-order valence-electron chi connectivity index (χ0n) is 12.2. The molecule has 0 unspecified atom stereocenters. The monoisotopic (exact) mass is 293 g/mol. The van der Waals surface area contributed by atoms with E-state index in [4.69, 9.17) is 0 Å². The van der Waals surface area contributed by atoms with Gasteiger partial charge in [0.2, 0.25) is 0 Å². The van der Waals surface area contributed by atoms with Crippen molar-refractivity contribution in [3.8, 4) is 0 Å². The Bertz CT molecular complexity index is 569. The van der Waals surface area contributed by atoms with Crippen LogP contribution in [-0.2, 0) is 0 Å². The Labute approximate surface area is 122 Å². The molecule has 20 heavy (non-hydrogen) atoms. The van der Waals surface area contributed by atoms with E-state index in [0.717, 1.165) is 32.0 Å². The minimum Gasteiger partial charge on any atom is -0.198 e. The third-order valence-electron chi connectivity index (χ3n) is 3.34. The summed E-state index contributed by atoms with van der Waals surface area (Å²) in [6, 6.07) is 11.6. The number of hydrogen-bond acceptors (Lipinski definition) is 0. The van der Waals surface area contributed by atoms with Gasteiger partial charge in [0.25, 0.3) is 5.76 Å². The van der Waals surface area contributed by atoms with Crippen molar-refractivity contribution in [2.45, 2.75) is 43.2 Å². The highest BCUT2D eigenvalue weighted by molar-refractivity contribution is 8.17. The summed E-state index contributed by atoms with van der Waals surface area (Å²) in [7, 11) is -1.18. The molecule has 0 amide bonds. The van der Waals surface area contributed by atoms with Gasteiger partial charge in [0.05, 0.1) is 0 Å². The van der Waals surface area contributed by atoms with Crippen LogP contribution in [0.15, 0.2) is 46.2 Å². The highest BCUT2D eigenvalue weighted by atomic mass is 32.2. The first kappa shape index (κ1) is 15.0. The molecule has 3 heteroatoms. The van der Waals surface area contributed by atoms with Crippen LogP contribution in [-0.4, -0.2) is 5.76 Å². The summed E-state index contributed by atoms with van der Waals surface area (Å²) >= 11 is 0. The van der Waals surface area contributed by atoms with Crippen molar-refractivity contribution in [1.29, 1.82) is 0 Å². The Morgan fingerprint density at radius 3 is 1.50 bits per heavy atom. The lowest BCUT2D eigenvalue weighted by Gasteiger charge is -2.24. The minimum absolute atomic E-state index is 0.758.